The van der Waals surface area contributed by atoms with Crippen molar-refractivity contribution in [1.29, 1.82) is 0 Å². The lowest BCUT2D eigenvalue weighted by molar-refractivity contribution is -0.137. The molecule has 1 aromatic heterocycles. The van der Waals surface area contributed by atoms with Crippen molar-refractivity contribution in [2.75, 3.05) is 11.9 Å². The van der Waals surface area contributed by atoms with Crippen molar-refractivity contribution >= 4 is 22.6 Å². The fourth-order valence-electron chi connectivity index (χ4n) is 1.54. The van der Waals surface area contributed by atoms with E-state index in [1.807, 2.05) is 0 Å². The van der Waals surface area contributed by atoms with Crippen LogP contribution in [0, 0.1) is 0 Å². The monoisotopic (exact) mass is 270 g/mol. The average Bonchev–Trinajstić information content (AvgIpc) is 2.34. The number of nitrogens with two attached hydrogens (primary N) is 1. The van der Waals surface area contributed by atoms with Crippen LogP contribution in [0.2, 0.25) is 0 Å². The SMILES string of the molecule is NC(=O)CNc1ncnc2ccc(C(F)(F)F)cc12. The van der Waals surface area contributed by atoms with Gasteiger partial charge in [0.15, 0.2) is 0 Å². The van der Waals surface area contributed by atoms with Crippen LogP contribution in [0.15, 0.2) is 24.5 Å². The molecule has 0 aliphatic carbocycles. The van der Waals surface area contributed by atoms with Crippen LogP contribution in [0.25, 0.3) is 10.9 Å². The number of benzene rings is 1. The molecule has 1 heterocycles. The molecule has 1 aromatic carbocycles. The fourth-order valence-corrected chi connectivity index (χ4v) is 1.54. The smallest absolute Gasteiger partial charge is 0.368 e. The summed E-state index contributed by atoms with van der Waals surface area (Å²) in [5.41, 5.74) is 4.49. The topological polar surface area (TPSA) is 80.9 Å². The standard InChI is InChI=1S/C11H9F3N4O/c12-11(13,14)6-1-2-8-7(3-6)10(18-5-17-8)16-4-9(15)19/h1-3,5H,4H2,(H2,15,19)(H,16,17,18). The summed E-state index contributed by atoms with van der Waals surface area (Å²) in [6, 6.07) is 3.11. The zero-order chi connectivity index (χ0) is 14.0. The average molecular weight is 270 g/mol. The van der Waals surface area contributed by atoms with Crippen molar-refractivity contribution in [2.45, 2.75) is 6.18 Å². The molecule has 0 aliphatic heterocycles. The zero-order valence-corrected chi connectivity index (χ0v) is 9.53. The molecule has 5 nitrogen and oxygen atoms in total. The van der Waals surface area contributed by atoms with Gasteiger partial charge in [0.1, 0.15) is 12.1 Å². The number of nitrogens with one attached hydrogen (secondary N) is 1. The van der Waals surface area contributed by atoms with Gasteiger partial charge >= 0.3 is 6.18 Å². The van der Waals surface area contributed by atoms with Gasteiger partial charge in [-0.15, -0.1) is 0 Å². The highest BCUT2D eigenvalue weighted by molar-refractivity contribution is 5.91. The van der Waals surface area contributed by atoms with E-state index in [1.54, 1.807) is 0 Å². The molecular formula is C11H9F3N4O. The second kappa shape index (κ2) is 4.71. The molecule has 3 N–H and O–H groups in total. The largest absolute Gasteiger partial charge is 0.416 e. The first-order valence-electron chi connectivity index (χ1n) is 5.22. The minimum absolute atomic E-state index is 0.134. The third-order valence-electron chi connectivity index (χ3n) is 2.39. The minimum atomic E-state index is -4.45. The van der Waals surface area contributed by atoms with Gasteiger partial charge in [0.2, 0.25) is 5.91 Å². The molecule has 100 valence electrons. The maximum Gasteiger partial charge on any atom is 0.416 e. The zero-order valence-electron chi connectivity index (χ0n) is 9.53. The second-order valence-corrected chi connectivity index (χ2v) is 3.77. The van der Waals surface area contributed by atoms with E-state index in [4.69, 9.17) is 5.73 Å². The number of amides is 1. The summed E-state index contributed by atoms with van der Waals surface area (Å²) in [5, 5.41) is 2.75. The predicted octanol–water partition coefficient (Wildman–Crippen LogP) is 1.55. The number of hydrogen-bond acceptors (Lipinski definition) is 4. The summed E-state index contributed by atoms with van der Waals surface area (Å²) in [6.07, 6.45) is -3.26. The Balaban J connectivity index is 2.49. The molecule has 0 aliphatic rings. The molecule has 0 saturated heterocycles. The van der Waals surface area contributed by atoms with Gasteiger partial charge in [-0.3, -0.25) is 4.79 Å². The minimum Gasteiger partial charge on any atom is -0.368 e. The third-order valence-corrected chi connectivity index (χ3v) is 2.39. The van der Waals surface area contributed by atoms with Gasteiger partial charge in [-0.1, -0.05) is 0 Å². The lowest BCUT2D eigenvalue weighted by atomic mass is 10.1. The van der Waals surface area contributed by atoms with Gasteiger partial charge in [0.25, 0.3) is 0 Å². The molecule has 0 radical (unpaired) electrons. The molecule has 0 spiro atoms. The lowest BCUT2D eigenvalue weighted by Gasteiger charge is -2.10. The number of fused-ring (bicyclic) bond motifs is 1. The van der Waals surface area contributed by atoms with Crippen LogP contribution in [0.5, 0.6) is 0 Å². The van der Waals surface area contributed by atoms with Gasteiger partial charge in [0.05, 0.1) is 17.6 Å². The Morgan fingerprint density at radius 1 is 1.32 bits per heavy atom. The molecule has 0 saturated carbocycles. The predicted molar refractivity (Wildman–Crippen MR) is 62.2 cm³/mol. The Hall–Kier alpha value is -2.38. The summed E-state index contributed by atoms with van der Waals surface area (Å²) in [7, 11) is 0. The molecule has 19 heavy (non-hydrogen) atoms. The number of anilines is 1. The van der Waals surface area contributed by atoms with E-state index in [9.17, 15) is 18.0 Å². The summed E-state index contributed by atoms with van der Waals surface area (Å²) in [4.78, 5) is 18.3. The number of halogens is 3. The van der Waals surface area contributed by atoms with Gasteiger partial charge in [-0.25, -0.2) is 9.97 Å². The van der Waals surface area contributed by atoms with Crippen molar-refractivity contribution < 1.29 is 18.0 Å². The molecule has 2 rings (SSSR count). The number of rotatable bonds is 3. The van der Waals surface area contributed by atoms with E-state index >= 15 is 0 Å². The normalized spacial score (nSPS) is 11.5. The molecule has 0 fully saturated rings. The number of alkyl halides is 3. The summed E-state index contributed by atoms with van der Waals surface area (Å²) in [6.45, 7) is -0.220. The molecule has 0 bridgehead atoms. The molecule has 0 atom stereocenters. The van der Waals surface area contributed by atoms with Crippen LogP contribution >= 0.6 is 0 Å². The Kier molecular flexibility index (Phi) is 3.24. The maximum absolute atomic E-state index is 12.6. The highest BCUT2D eigenvalue weighted by Gasteiger charge is 2.30. The van der Waals surface area contributed by atoms with E-state index in [0.29, 0.717) is 5.52 Å². The van der Waals surface area contributed by atoms with Crippen LogP contribution in [-0.2, 0) is 11.0 Å². The Labute approximate surface area is 105 Å². The second-order valence-electron chi connectivity index (χ2n) is 3.77. The van der Waals surface area contributed by atoms with Crippen LogP contribution in [-0.4, -0.2) is 22.4 Å². The van der Waals surface area contributed by atoms with Gasteiger partial charge in [0, 0.05) is 5.39 Å². The van der Waals surface area contributed by atoms with Gasteiger partial charge < -0.3 is 11.1 Å². The first kappa shape index (κ1) is 13.1. The third kappa shape index (κ3) is 2.90. The highest BCUT2D eigenvalue weighted by Crippen LogP contribution is 2.32. The Morgan fingerprint density at radius 2 is 2.05 bits per heavy atom. The lowest BCUT2D eigenvalue weighted by Crippen LogP contribution is -2.22. The van der Waals surface area contributed by atoms with Gasteiger partial charge in [-0.05, 0) is 18.2 Å². The summed E-state index contributed by atoms with van der Waals surface area (Å²) in [5.74, 6) is -0.506. The number of hydrogen-bond donors (Lipinski definition) is 2. The van der Waals surface area contributed by atoms with E-state index in [-0.39, 0.29) is 17.7 Å². The van der Waals surface area contributed by atoms with Crippen molar-refractivity contribution in [1.82, 2.24) is 9.97 Å². The number of nitrogens with zero attached hydrogens (tertiary/aromatic N) is 2. The molecule has 2 aromatic rings. The van der Waals surface area contributed by atoms with Crippen molar-refractivity contribution in [3.05, 3.63) is 30.1 Å². The Bertz CT molecular complexity index is 627. The number of carbonyl (C=O) groups is 1. The molecular weight excluding hydrogens is 261 g/mol. The van der Waals surface area contributed by atoms with E-state index < -0.39 is 17.6 Å². The number of aromatic nitrogens is 2. The van der Waals surface area contributed by atoms with E-state index in [0.717, 1.165) is 12.1 Å². The highest BCUT2D eigenvalue weighted by atomic mass is 19.4. The van der Waals surface area contributed by atoms with Crippen molar-refractivity contribution in [3.63, 3.8) is 0 Å². The van der Waals surface area contributed by atoms with E-state index in [1.165, 1.54) is 12.4 Å². The number of carbonyl (C=O) groups excluding carboxylic acids is 1. The van der Waals surface area contributed by atoms with Crippen molar-refractivity contribution in [2.24, 2.45) is 5.73 Å². The van der Waals surface area contributed by atoms with Crippen molar-refractivity contribution in [3.8, 4) is 0 Å². The van der Waals surface area contributed by atoms with Crippen LogP contribution < -0.4 is 11.1 Å². The molecule has 1 amide bonds. The number of primary amides is 1. The quantitative estimate of drug-likeness (QED) is 0.886. The van der Waals surface area contributed by atoms with Crippen LogP contribution in [0.1, 0.15) is 5.56 Å². The van der Waals surface area contributed by atoms with E-state index in [2.05, 4.69) is 15.3 Å². The first-order valence-corrected chi connectivity index (χ1v) is 5.22. The Morgan fingerprint density at radius 3 is 2.68 bits per heavy atom. The molecule has 0 unspecified atom stereocenters. The van der Waals surface area contributed by atoms with Crippen LogP contribution in [0.4, 0.5) is 19.0 Å². The molecule has 8 heteroatoms. The van der Waals surface area contributed by atoms with Crippen LogP contribution in [0.3, 0.4) is 0 Å². The first-order chi connectivity index (χ1) is 8.88. The fraction of sp³-hybridized carbons (Fsp3) is 0.182. The maximum atomic E-state index is 12.6. The summed E-state index contributed by atoms with van der Waals surface area (Å²) < 4.78 is 37.9. The van der Waals surface area contributed by atoms with Gasteiger partial charge in [-0.2, -0.15) is 13.2 Å². The summed E-state index contributed by atoms with van der Waals surface area (Å²) >= 11 is 0.